The van der Waals surface area contributed by atoms with Crippen molar-refractivity contribution in [3.05, 3.63) is 0 Å². The molecule has 0 aliphatic rings. The molecule has 1 atom stereocenters. The number of hydrogen-bond donors (Lipinski definition) is 0. The lowest BCUT2D eigenvalue weighted by molar-refractivity contribution is 1.03. The molecule has 0 aromatic rings. The zero-order valence-electron chi connectivity index (χ0n) is 5.69. The van der Waals surface area contributed by atoms with E-state index in [4.69, 9.17) is 0 Å². The van der Waals surface area contributed by atoms with Gasteiger partial charge in [0.15, 0.2) is 0 Å². The Labute approximate surface area is 55.9 Å². The average Bonchev–Trinajstić information content (AvgIpc) is 1.81. The molecule has 1 radical (unpaired) electrons. The maximum absolute atomic E-state index is 2.75. The zero-order chi connectivity index (χ0) is 6.24. The van der Waals surface area contributed by atoms with E-state index < -0.39 is 0 Å². The predicted octanol–water partition coefficient (Wildman–Crippen LogP) is 2.20. The molecule has 0 aromatic heterocycles. The maximum Gasteiger partial charge on any atom is 0.109 e. The molecule has 0 spiro atoms. The zero-order valence-corrected chi connectivity index (χ0v) is 6.84. The van der Waals surface area contributed by atoms with Crippen LogP contribution in [0.1, 0.15) is 19.8 Å². The second-order valence-corrected chi connectivity index (χ2v) is 2.59. The summed E-state index contributed by atoms with van der Waals surface area (Å²) in [7, 11) is 5.12. The summed E-state index contributed by atoms with van der Waals surface area (Å²) < 4.78 is 0. The first kappa shape index (κ1) is 8.49. The Bertz CT molecular complexity index is 33.5. The minimum Gasteiger partial charge on any atom is -0.138 e. The van der Waals surface area contributed by atoms with Crippen LogP contribution in [0, 0.1) is 0 Å². The Morgan fingerprint density at radius 1 is 1.38 bits per heavy atom. The highest BCUT2D eigenvalue weighted by Gasteiger charge is 1.86. The first-order valence-corrected chi connectivity index (χ1v) is 4.25. The van der Waals surface area contributed by atoms with Crippen LogP contribution >= 0.6 is 9.24 Å². The molecule has 0 nitrogen and oxygen atoms in total. The average molecular weight is 129 g/mol. The summed E-state index contributed by atoms with van der Waals surface area (Å²) in [5.74, 6) is 0. The SMILES string of the molecule is CCC[B]CCCP. The van der Waals surface area contributed by atoms with Gasteiger partial charge in [0.1, 0.15) is 7.28 Å². The Balaban J connectivity index is 2.53. The lowest BCUT2D eigenvalue weighted by atomic mass is 9.69. The van der Waals surface area contributed by atoms with Gasteiger partial charge in [-0.15, -0.1) is 9.24 Å². The van der Waals surface area contributed by atoms with Gasteiger partial charge in [-0.2, -0.15) is 0 Å². The molecule has 0 heterocycles. The van der Waals surface area contributed by atoms with Crippen molar-refractivity contribution in [2.45, 2.75) is 32.4 Å². The first-order chi connectivity index (χ1) is 3.91. The molecule has 47 valence electrons. The van der Waals surface area contributed by atoms with Gasteiger partial charge in [0.05, 0.1) is 0 Å². The van der Waals surface area contributed by atoms with E-state index in [0.717, 1.165) is 0 Å². The van der Waals surface area contributed by atoms with Crippen molar-refractivity contribution in [2.75, 3.05) is 6.16 Å². The molecular weight excluding hydrogens is 114 g/mol. The van der Waals surface area contributed by atoms with Crippen molar-refractivity contribution in [3.8, 4) is 0 Å². The highest BCUT2D eigenvalue weighted by Crippen LogP contribution is 1.97. The topological polar surface area (TPSA) is 0 Å². The van der Waals surface area contributed by atoms with E-state index in [-0.39, 0.29) is 0 Å². The van der Waals surface area contributed by atoms with Gasteiger partial charge in [0.2, 0.25) is 0 Å². The fourth-order valence-electron chi connectivity index (χ4n) is 0.611. The Morgan fingerprint density at radius 3 is 2.62 bits per heavy atom. The molecule has 0 aromatic carbocycles. The largest absolute Gasteiger partial charge is 0.138 e. The summed E-state index contributed by atoms with van der Waals surface area (Å²) in [6, 6.07) is 0. The molecule has 1 unspecified atom stereocenters. The summed E-state index contributed by atoms with van der Waals surface area (Å²) in [4.78, 5) is 0. The van der Waals surface area contributed by atoms with Gasteiger partial charge in [-0.1, -0.05) is 32.4 Å². The van der Waals surface area contributed by atoms with E-state index in [1.54, 1.807) is 0 Å². The minimum atomic E-state index is 1.25. The van der Waals surface area contributed by atoms with E-state index in [1.165, 1.54) is 31.6 Å². The van der Waals surface area contributed by atoms with Crippen molar-refractivity contribution in [2.24, 2.45) is 0 Å². The Hall–Kier alpha value is 0.495. The van der Waals surface area contributed by atoms with Crippen LogP contribution < -0.4 is 0 Å². The smallest absolute Gasteiger partial charge is 0.109 e. The third-order valence-electron chi connectivity index (χ3n) is 1.11. The Kier molecular flexibility index (Phi) is 7.96. The first-order valence-electron chi connectivity index (χ1n) is 3.43. The van der Waals surface area contributed by atoms with Crippen LogP contribution in [0.4, 0.5) is 0 Å². The lowest BCUT2D eigenvalue weighted by Gasteiger charge is -1.91. The molecular formula is C6H15BP. The normalized spacial score (nSPS) is 9.25. The van der Waals surface area contributed by atoms with E-state index in [0.29, 0.717) is 0 Å². The van der Waals surface area contributed by atoms with Gasteiger partial charge in [0, 0.05) is 0 Å². The third-order valence-corrected chi connectivity index (χ3v) is 1.51. The minimum absolute atomic E-state index is 1.25. The van der Waals surface area contributed by atoms with Gasteiger partial charge < -0.3 is 0 Å². The fourth-order valence-corrected chi connectivity index (χ4v) is 0.846. The lowest BCUT2D eigenvalue weighted by Crippen LogP contribution is -1.87. The molecule has 0 saturated heterocycles. The molecule has 2 heteroatoms. The molecule has 0 aliphatic carbocycles. The van der Waals surface area contributed by atoms with Crippen molar-refractivity contribution >= 4 is 16.5 Å². The number of rotatable bonds is 5. The van der Waals surface area contributed by atoms with Crippen LogP contribution in [0.3, 0.4) is 0 Å². The molecule has 0 rings (SSSR count). The predicted molar refractivity (Wildman–Crippen MR) is 44.9 cm³/mol. The highest BCUT2D eigenvalue weighted by atomic mass is 31.0. The highest BCUT2D eigenvalue weighted by molar-refractivity contribution is 7.16. The van der Waals surface area contributed by atoms with Crippen LogP contribution in [0.5, 0.6) is 0 Å². The monoisotopic (exact) mass is 129 g/mol. The summed E-state index contributed by atoms with van der Waals surface area (Å²) >= 11 is 0. The van der Waals surface area contributed by atoms with Gasteiger partial charge in [0.25, 0.3) is 0 Å². The van der Waals surface area contributed by atoms with Gasteiger partial charge in [-0.3, -0.25) is 0 Å². The van der Waals surface area contributed by atoms with Crippen LogP contribution in [0.25, 0.3) is 0 Å². The molecule has 0 saturated carbocycles. The van der Waals surface area contributed by atoms with Gasteiger partial charge in [-0.05, 0) is 6.16 Å². The molecule has 0 aliphatic heterocycles. The quantitative estimate of drug-likeness (QED) is 0.303. The van der Waals surface area contributed by atoms with E-state index in [1.807, 2.05) is 0 Å². The summed E-state index contributed by atoms with van der Waals surface area (Å²) in [6.07, 6.45) is 6.49. The molecule has 0 bridgehead atoms. The molecule has 0 N–H and O–H groups in total. The molecule has 0 fully saturated rings. The summed E-state index contributed by atoms with van der Waals surface area (Å²) in [6.45, 7) is 2.22. The third kappa shape index (κ3) is 6.49. The van der Waals surface area contributed by atoms with Gasteiger partial charge in [-0.25, -0.2) is 0 Å². The van der Waals surface area contributed by atoms with Crippen LogP contribution in [-0.2, 0) is 0 Å². The van der Waals surface area contributed by atoms with Gasteiger partial charge >= 0.3 is 0 Å². The summed E-state index contributed by atoms with van der Waals surface area (Å²) in [5.41, 5.74) is 0. The maximum atomic E-state index is 2.75. The molecule has 0 amide bonds. The van der Waals surface area contributed by atoms with Crippen LogP contribution in [0.15, 0.2) is 0 Å². The standard InChI is InChI=1S/C6H15BP/c1-2-4-7-5-3-6-8/h2-6,8H2,1H3. The summed E-state index contributed by atoms with van der Waals surface area (Å²) in [5, 5.41) is 0. The second-order valence-electron chi connectivity index (χ2n) is 2.01. The van der Waals surface area contributed by atoms with E-state index in [9.17, 15) is 0 Å². The second kappa shape index (κ2) is 7.49. The molecule has 8 heavy (non-hydrogen) atoms. The fraction of sp³-hybridized carbons (Fsp3) is 1.00. The van der Waals surface area contributed by atoms with E-state index in [2.05, 4.69) is 23.4 Å². The number of hydrogen-bond acceptors (Lipinski definition) is 0. The van der Waals surface area contributed by atoms with E-state index >= 15 is 0 Å². The van der Waals surface area contributed by atoms with Crippen LogP contribution in [-0.4, -0.2) is 13.4 Å². The van der Waals surface area contributed by atoms with Crippen LogP contribution in [0.2, 0.25) is 12.6 Å². The van der Waals surface area contributed by atoms with Crippen molar-refractivity contribution in [1.82, 2.24) is 0 Å². The Morgan fingerprint density at radius 2 is 2.12 bits per heavy atom. The van der Waals surface area contributed by atoms with Crippen molar-refractivity contribution < 1.29 is 0 Å². The van der Waals surface area contributed by atoms with Crippen molar-refractivity contribution in [1.29, 1.82) is 0 Å². The van der Waals surface area contributed by atoms with Crippen molar-refractivity contribution in [3.63, 3.8) is 0 Å².